The van der Waals surface area contributed by atoms with Gasteiger partial charge in [-0.1, -0.05) is 18.2 Å². The third kappa shape index (κ3) is 2.69. The summed E-state index contributed by atoms with van der Waals surface area (Å²) in [5.74, 6) is 0.399. The molecule has 1 saturated carbocycles. The minimum atomic E-state index is -0.272. The Hall–Kier alpha value is -2.32. The molecule has 0 spiro atoms. The first-order chi connectivity index (χ1) is 12.7. The van der Waals surface area contributed by atoms with Gasteiger partial charge in [-0.05, 0) is 37.0 Å². The molecule has 0 unspecified atom stereocenters. The monoisotopic (exact) mass is 357 g/mol. The lowest BCUT2D eigenvalue weighted by Gasteiger charge is -2.43. The maximum atomic E-state index is 13.4. The summed E-state index contributed by atoms with van der Waals surface area (Å²) in [6, 6.07) is 7.40. The van der Waals surface area contributed by atoms with Crippen LogP contribution in [0.15, 0.2) is 24.3 Å². The van der Waals surface area contributed by atoms with Crippen molar-refractivity contribution in [2.45, 2.75) is 43.4 Å². The van der Waals surface area contributed by atoms with Crippen LogP contribution in [0.2, 0.25) is 0 Å². The number of amides is 1. The number of benzene rings is 1. The van der Waals surface area contributed by atoms with Gasteiger partial charge in [0.2, 0.25) is 5.82 Å². The molecule has 2 aromatic rings. The lowest BCUT2D eigenvalue weighted by atomic mass is 9.79. The van der Waals surface area contributed by atoms with Gasteiger partial charge in [0.15, 0.2) is 0 Å². The molecule has 8 heteroatoms. The highest BCUT2D eigenvalue weighted by Gasteiger charge is 2.52. The molecule has 1 aromatic heterocycles. The summed E-state index contributed by atoms with van der Waals surface area (Å²) in [6.45, 7) is 0.675. The number of H-pyrrole nitrogens is 1. The third-order valence-electron chi connectivity index (χ3n) is 5.88. The summed E-state index contributed by atoms with van der Waals surface area (Å²) in [6.07, 6.45) is 3.66. The SMILES string of the molecule is CO[C@@H]1CC[C@@]2(OC)CCN(C(=O)c3ccccc3-c3nn[nH]n3)[C@H]2C1. The Balaban J connectivity index is 1.67. The van der Waals surface area contributed by atoms with E-state index in [1.165, 1.54) is 0 Å². The number of tetrazole rings is 1. The van der Waals surface area contributed by atoms with Crippen molar-refractivity contribution in [2.75, 3.05) is 20.8 Å². The summed E-state index contributed by atoms with van der Waals surface area (Å²) < 4.78 is 11.5. The summed E-state index contributed by atoms with van der Waals surface area (Å²) in [4.78, 5) is 15.4. The molecule has 2 fully saturated rings. The maximum Gasteiger partial charge on any atom is 0.254 e. The predicted molar refractivity (Wildman–Crippen MR) is 93.4 cm³/mol. The highest BCUT2D eigenvalue weighted by atomic mass is 16.5. The number of ether oxygens (including phenoxy) is 2. The van der Waals surface area contributed by atoms with Crippen LogP contribution in [0.25, 0.3) is 11.4 Å². The Bertz CT molecular complexity index is 781. The second-order valence-electron chi connectivity index (χ2n) is 6.95. The van der Waals surface area contributed by atoms with Crippen LogP contribution in [0.5, 0.6) is 0 Å². The number of hydrogen-bond donors (Lipinski definition) is 1. The molecule has 2 aliphatic rings. The molecule has 1 N–H and O–H groups in total. The topological polar surface area (TPSA) is 93.2 Å². The number of carbonyl (C=O) groups excluding carboxylic acids is 1. The number of fused-ring (bicyclic) bond motifs is 1. The molecule has 0 bridgehead atoms. The average molecular weight is 357 g/mol. The number of nitrogens with one attached hydrogen (secondary N) is 1. The molecule has 138 valence electrons. The van der Waals surface area contributed by atoms with Gasteiger partial charge in [-0.15, -0.1) is 10.2 Å². The van der Waals surface area contributed by atoms with E-state index >= 15 is 0 Å². The van der Waals surface area contributed by atoms with E-state index in [4.69, 9.17) is 9.47 Å². The molecule has 1 saturated heterocycles. The molecular weight excluding hydrogens is 334 g/mol. The predicted octanol–water partition coefficient (Wildman–Crippen LogP) is 1.67. The van der Waals surface area contributed by atoms with Crippen LogP contribution in [0.3, 0.4) is 0 Å². The number of hydrogen-bond acceptors (Lipinski definition) is 6. The summed E-state index contributed by atoms with van der Waals surface area (Å²) >= 11 is 0. The Morgan fingerprint density at radius 2 is 2.15 bits per heavy atom. The molecule has 1 aliphatic heterocycles. The number of rotatable bonds is 4. The average Bonchev–Trinajstić information content (AvgIpc) is 3.35. The molecule has 0 radical (unpaired) electrons. The van der Waals surface area contributed by atoms with Crippen molar-refractivity contribution in [1.29, 1.82) is 0 Å². The highest BCUT2D eigenvalue weighted by molar-refractivity contribution is 6.00. The van der Waals surface area contributed by atoms with E-state index < -0.39 is 0 Å². The quantitative estimate of drug-likeness (QED) is 0.895. The molecular formula is C18H23N5O3. The Labute approximate surface area is 151 Å². The normalized spacial score (nSPS) is 28.2. The van der Waals surface area contributed by atoms with Crippen molar-refractivity contribution in [3.8, 4) is 11.4 Å². The molecule has 3 atom stereocenters. The van der Waals surface area contributed by atoms with Crippen LogP contribution >= 0.6 is 0 Å². The Morgan fingerprint density at radius 1 is 1.31 bits per heavy atom. The Morgan fingerprint density at radius 3 is 2.88 bits per heavy atom. The van der Waals surface area contributed by atoms with Gasteiger partial charge in [0, 0.05) is 26.3 Å². The van der Waals surface area contributed by atoms with Gasteiger partial charge in [0.05, 0.1) is 23.3 Å². The van der Waals surface area contributed by atoms with Crippen molar-refractivity contribution >= 4 is 5.91 Å². The molecule has 1 aliphatic carbocycles. The molecule has 2 heterocycles. The van der Waals surface area contributed by atoms with Gasteiger partial charge in [-0.25, -0.2) is 0 Å². The third-order valence-corrected chi connectivity index (χ3v) is 5.88. The second kappa shape index (κ2) is 6.77. The first-order valence-electron chi connectivity index (χ1n) is 8.90. The van der Waals surface area contributed by atoms with Gasteiger partial charge in [-0.3, -0.25) is 4.79 Å². The summed E-state index contributed by atoms with van der Waals surface area (Å²) in [7, 11) is 3.48. The van der Waals surface area contributed by atoms with E-state index in [0.29, 0.717) is 23.5 Å². The van der Waals surface area contributed by atoms with E-state index in [1.807, 2.05) is 29.2 Å². The van der Waals surface area contributed by atoms with E-state index in [9.17, 15) is 4.79 Å². The maximum absolute atomic E-state index is 13.4. The number of likely N-dealkylation sites (tertiary alicyclic amines) is 1. The van der Waals surface area contributed by atoms with Crippen molar-refractivity contribution in [3.63, 3.8) is 0 Å². The molecule has 26 heavy (non-hydrogen) atoms. The van der Waals surface area contributed by atoms with Crippen LogP contribution in [-0.2, 0) is 9.47 Å². The van der Waals surface area contributed by atoms with Gasteiger partial charge in [-0.2, -0.15) is 5.21 Å². The summed E-state index contributed by atoms with van der Waals surface area (Å²) in [5, 5.41) is 14.1. The molecule has 1 amide bonds. The number of methoxy groups -OCH3 is 2. The minimum Gasteiger partial charge on any atom is -0.381 e. The van der Waals surface area contributed by atoms with Crippen LogP contribution in [0.1, 0.15) is 36.0 Å². The van der Waals surface area contributed by atoms with Crippen LogP contribution in [0.4, 0.5) is 0 Å². The van der Waals surface area contributed by atoms with Gasteiger partial charge in [0.25, 0.3) is 5.91 Å². The zero-order valence-corrected chi connectivity index (χ0v) is 15.0. The van der Waals surface area contributed by atoms with Crippen molar-refractivity contribution in [2.24, 2.45) is 0 Å². The zero-order valence-electron chi connectivity index (χ0n) is 15.0. The zero-order chi connectivity index (χ0) is 18.1. The fourth-order valence-electron chi connectivity index (χ4n) is 4.41. The van der Waals surface area contributed by atoms with Crippen LogP contribution in [-0.4, -0.2) is 69.9 Å². The van der Waals surface area contributed by atoms with Crippen LogP contribution < -0.4 is 0 Å². The molecule has 1 aromatic carbocycles. The largest absolute Gasteiger partial charge is 0.381 e. The Kier molecular flexibility index (Phi) is 4.46. The second-order valence-corrected chi connectivity index (χ2v) is 6.95. The van der Waals surface area contributed by atoms with E-state index in [0.717, 1.165) is 25.7 Å². The van der Waals surface area contributed by atoms with E-state index in [-0.39, 0.29) is 23.7 Å². The van der Waals surface area contributed by atoms with Gasteiger partial charge in [0.1, 0.15) is 0 Å². The standard InChI is InChI=1S/C18H23N5O3/c1-25-12-7-8-18(26-2)9-10-23(15(18)11-12)17(24)14-6-4-3-5-13(14)16-19-21-22-20-16/h3-6,12,15H,7-11H2,1-2H3,(H,19,20,21,22)/t12-,15+,18-/m1/s1. The summed E-state index contributed by atoms with van der Waals surface area (Å²) in [5.41, 5.74) is 0.992. The molecule has 4 rings (SSSR count). The van der Waals surface area contributed by atoms with Crippen molar-refractivity contribution in [1.82, 2.24) is 25.5 Å². The van der Waals surface area contributed by atoms with Crippen LogP contribution in [0, 0.1) is 0 Å². The van der Waals surface area contributed by atoms with E-state index in [1.54, 1.807) is 14.2 Å². The molecule has 8 nitrogen and oxygen atoms in total. The number of carbonyl (C=O) groups is 1. The minimum absolute atomic E-state index is 0.0111. The number of nitrogens with zero attached hydrogens (tertiary/aromatic N) is 4. The number of aromatic amines is 1. The smallest absolute Gasteiger partial charge is 0.254 e. The fourth-order valence-corrected chi connectivity index (χ4v) is 4.41. The van der Waals surface area contributed by atoms with Crippen molar-refractivity contribution < 1.29 is 14.3 Å². The lowest BCUT2D eigenvalue weighted by molar-refractivity contribution is -0.0893. The first-order valence-corrected chi connectivity index (χ1v) is 8.90. The van der Waals surface area contributed by atoms with E-state index in [2.05, 4.69) is 20.6 Å². The number of aromatic nitrogens is 4. The van der Waals surface area contributed by atoms with Gasteiger partial charge < -0.3 is 14.4 Å². The lowest BCUT2D eigenvalue weighted by Crippen LogP contribution is -2.53. The van der Waals surface area contributed by atoms with Gasteiger partial charge >= 0.3 is 0 Å². The fraction of sp³-hybridized carbons (Fsp3) is 0.556. The van der Waals surface area contributed by atoms with Crippen molar-refractivity contribution in [3.05, 3.63) is 29.8 Å². The highest BCUT2D eigenvalue weighted by Crippen LogP contribution is 2.43. The first kappa shape index (κ1) is 17.1.